The number of rotatable bonds is 8. The van der Waals surface area contributed by atoms with E-state index in [4.69, 9.17) is 0 Å². The molecule has 4 rings (SSSR count). The number of thioether (sulfide) groups is 1. The molecule has 0 aliphatic rings. The van der Waals surface area contributed by atoms with Gasteiger partial charge in [-0.15, -0.1) is 11.8 Å². The van der Waals surface area contributed by atoms with Crippen molar-refractivity contribution in [2.24, 2.45) is 0 Å². The molecule has 0 aliphatic carbocycles. The average molecular weight is 476 g/mol. The predicted octanol–water partition coefficient (Wildman–Crippen LogP) is 5.43. The van der Waals surface area contributed by atoms with Crippen molar-refractivity contribution >= 4 is 39.1 Å². The van der Waals surface area contributed by atoms with E-state index in [1.807, 2.05) is 42.5 Å². The van der Waals surface area contributed by atoms with E-state index in [0.717, 1.165) is 16.3 Å². The smallest absolute Gasteiger partial charge is 0.261 e. The quantitative estimate of drug-likeness (QED) is 0.332. The van der Waals surface area contributed by atoms with Gasteiger partial charge in [0.05, 0.1) is 9.92 Å². The molecule has 0 radical (unpaired) electrons. The standard InChI is InChI=1S/C25H21N3O3S2/c29-25(27-22-10-6-7-19(17-22)18-32-24-11-4-5-16-26-24)20-12-14-23(15-13-20)33(30,31)28-21-8-2-1-3-9-21/h1-17,28H,18H2,(H,27,29). The van der Waals surface area contributed by atoms with E-state index >= 15 is 0 Å². The van der Waals surface area contributed by atoms with Crippen molar-refractivity contribution in [3.8, 4) is 0 Å². The van der Waals surface area contributed by atoms with E-state index in [2.05, 4.69) is 15.0 Å². The van der Waals surface area contributed by atoms with Crippen LogP contribution in [0.1, 0.15) is 15.9 Å². The Labute approximate surface area is 197 Å². The van der Waals surface area contributed by atoms with Gasteiger partial charge in [-0.3, -0.25) is 9.52 Å². The molecular formula is C25H21N3O3S2. The fraction of sp³-hybridized carbons (Fsp3) is 0.0400. The van der Waals surface area contributed by atoms with Gasteiger partial charge in [0, 0.05) is 28.9 Å². The molecule has 0 saturated carbocycles. The number of hydrogen-bond donors (Lipinski definition) is 2. The highest BCUT2D eigenvalue weighted by atomic mass is 32.2. The number of amides is 1. The van der Waals surface area contributed by atoms with Gasteiger partial charge in [0.1, 0.15) is 0 Å². The van der Waals surface area contributed by atoms with Crippen LogP contribution in [-0.4, -0.2) is 19.3 Å². The van der Waals surface area contributed by atoms with E-state index in [1.165, 1.54) is 24.3 Å². The number of anilines is 2. The summed E-state index contributed by atoms with van der Waals surface area (Å²) < 4.78 is 27.6. The zero-order chi connectivity index (χ0) is 23.1. The molecule has 3 aromatic carbocycles. The Balaban J connectivity index is 1.39. The lowest BCUT2D eigenvalue weighted by Gasteiger charge is -2.10. The molecule has 0 saturated heterocycles. The van der Waals surface area contributed by atoms with Crippen LogP contribution < -0.4 is 10.0 Å². The molecule has 0 fully saturated rings. The van der Waals surface area contributed by atoms with Gasteiger partial charge in [-0.05, 0) is 66.2 Å². The number of hydrogen-bond acceptors (Lipinski definition) is 5. The van der Waals surface area contributed by atoms with Crippen LogP contribution in [0, 0.1) is 0 Å². The minimum atomic E-state index is -3.74. The lowest BCUT2D eigenvalue weighted by atomic mass is 10.2. The molecule has 0 unspecified atom stereocenters. The molecule has 1 heterocycles. The third-order valence-electron chi connectivity index (χ3n) is 4.66. The number of sulfonamides is 1. The molecule has 33 heavy (non-hydrogen) atoms. The number of carbonyl (C=O) groups excluding carboxylic acids is 1. The number of nitrogens with zero attached hydrogens (tertiary/aromatic N) is 1. The normalized spacial score (nSPS) is 11.0. The van der Waals surface area contributed by atoms with Crippen molar-refractivity contribution in [2.45, 2.75) is 15.7 Å². The van der Waals surface area contributed by atoms with E-state index < -0.39 is 10.0 Å². The lowest BCUT2D eigenvalue weighted by molar-refractivity contribution is 0.102. The summed E-state index contributed by atoms with van der Waals surface area (Å²) in [5.74, 6) is 0.409. The summed E-state index contributed by atoms with van der Waals surface area (Å²) in [6.45, 7) is 0. The summed E-state index contributed by atoms with van der Waals surface area (Å²) in [5, 5.41) is 3.80. The van der Waals surface area contributed by atoms with E-state index in [9.17, 15) is 13.2 Å². The van der Waals surface area contributed by atoms with Crippen molar-refractivity contribution in [3.63, 3.8) is 0 Å². The van der Waals surface area contributed by atoms with Crippen LogP contribution in [0.15, 0.2) is 113 Å². The Morgan fingerprint density at radius 2 is 1.55 bits per heavy atom. The van der Waals surface area contributed by atoms with Gasteiger partial charge in [-0.25, -0.2) is 13.4 Å². The molecule has 4 aromatic rings. The van der Waals surface area contributed by atoms with Crippen LogP contribution in [0.4, 0.5) is 11.4 Å². The maximum atomic E-state index is 12.7. The van der Waals surface area contributed by atoms with Gasteiger partial charge in [0.2, 0.25) is 0 Å². The van der Waals surface area contributed by atoms with Gasteiger partial charge in [-0.2, -0.15) is 0 Å². The summed E-state index contributed by atoms with van der Waals surface area (Å²) >= 11 is 1.62. The van der Waals surface area contributed by atoms with E-state index in [-0.39, 0.29) is 10.8 Å². The zero-order valence-corrected chi connectivity index (χ0v) is 19.1. The summed E-state index contributed by atoms with van der Waals surface area (Å²) in [4.78, 5) is 17.0. The minimum absolute atomic E-state index is 0.0800. The Kier molecular flexibility index (Phi) is 7.07. The second-order valence-electron chi connectivity index (χ2n) is 7.11. The second kappa shape index (κ2) is 10.3. The highest BCUT2D eigenvalue weighted by Gasteiger charge is 2.15. The summed E-state index contributed by atoms with van der Waals surface area (Å²) in [6, 6.07) is 27.8. The first-order valence-corrected chi connectivity index (χ1v) is 12.6. The number of benzene rings is 3. The van der Waals surface area contributed by atoms with Gasteiger partial charge in [0.15, 0.2) is 0 Å². The van der Waals surface area contributed by atoms with Crippen LogP contribution in [-0.2, 0) is 15.8 Å². The Hall–Kier alpha value is -3.62. The third kappa shape index (κ3) is 6.21. The highest BCUT2D eigenvalue weighted by molar-refractivity contribution is 7.98. The van der Waals surface area contributed by atoms with E-state index in [0.29, 0.717) is 16.9 Å². The average Bonchev–Trinajstić information content (AvgIpc) is 2.84. The van der Waals surface area contributed by atoms with Crippen molar-refractivity contribution in [1.29, 1.82) is 0 Å². The van der Waals surface area contributed by atoms with Gasteiger partial charge < -0.3 is 5.32 Å². The third-order valence-corrected chi connectivity index (χ3v) is 7.07. The van der Waals surface area contributed by atoms with E-state index in [1.54, 1.807) is 48.3 Å². The van der Waals surface area contributed by atoms with Gasteiger partial charge >= 0.3 is 0 Å². The molecule has 0 spiro atoms. The second-order valence-corrected chi connectivity index (χ2v) is 9.79. The number of nitrogens with one attached hydrogen (secondary N) is 2. The van der Waals surface area contributed by atoms with Gasteiger partial charge in [0.25, 0.3) is 15.9 Å². The van der Waals surface area contributed by atoms with Crippen LogP contribution in [0.2, 0.25) is 0 Å². The fourth-order valence-electron chi connectivity index (χ4n) is 3.04. The van der Waals surface area contributed by atoms with Crippen molar-refractivity contribution in [3.05, 3.63) is 114 Å². The minimum Gasteiger partial charge on any atom is -0.322 e. The van der Waals surface area contributed by atoms with Crippen LogP contribution in [0.5, 0.6) is 0 Å². The molecule has 1 aromatic heterocycles. The number of carbonyl (C=O) groups is 1. The molecule has 1 amide bonds. The topological polar surface area (TPSA) is 88.2 Å². The molecular weight excluding hydrogens is 454 g/mol. The number of aromatic nitrogens is 1. The first-order valence-electron chi connectivity index (χ1n) is 10.1. The molecule has 166 valence electrons. The molecule has 2 N–H and O–H groups in total. The number of para-hydroxylation sites is 1. The fourth-order valence-corrected chi connectivity index (χ4v) is 4.90. The van der Waals surface area contributed by atoms with Crippen LogP contribution in [0.25, 0.3) is 0 Å². The molecule has 0 bridgehead atoms. The maximum absolute atomic E-state index is 12.7. The molecule has 6 nitrogen and oxygen atoms in total. The van der Waals surface area contributed by atoms with Crippen molar-refractivity contribution in [2.75, 3.05) is 10.0 Å². The summed E-state index contributed by atoms with van der Waals surface area (Å²) in [6.07, 6.45) is 1.76. The first kappa shape index (κ1) is 22.6. The van der Waals surface area contributed by atoms with Gasteiger partial charge in [-0.1, -0.05) is 36.4 Å². The predicted molar refractivity (Wildman–Crippen MR) is 132 cm³/mol. The van der Waals surface area contributed by atoms with Crippen molar-refractivity contribution < 1.29 is 13.2 Å². The van der Waals surface area contributed by atoms with Crippen LogP contribution in [0.3, 0.4) is 0 Å². The monoisotopic (exact) mass is 475 g/mol. The first-order chi connectivity index (χ1) is 16.0. The summed E-state index contributed by atoms with van der Waals surface area (Å²) in [5.41, 5.74) is 2.56. The lowest BCUT2D eigenvalue weighted by Crippen LogP contribution is -2.14. The van der Waals surface area contributed by atoms with Crippen molar-refractivity contribution in [1.82, 2.24) is 4.98 Å². The van der Waals surface area contributed by atoms with Crippen LogP contribution >= 0.6 is 11.8 Å². The zero-order valence-electron chi connectivity index (χ0n) is 17.5. The Morgan fingerprint density at radius 1 is 0.818 bits per heavy atom. The Morgan fingerprint density at radius 3 is 2.27 bits per heavy atom. The SMILES string of the molecule is O=C(Nc1cccc(CSc2ccccn2)c1)c1ccc(S(=O)(=O)Nc2ccccc2)cc1. The Bertz CT molecular complexity index is 1330. The molecule has 0 atom stereocenters. The molecule has 0 aliphatic heterocycles. The molecule has 8 heteroatoms. The largest absolute Gasteiger partial charge is 0.322 e. The highest BCUT2D eigenvalue weighted by Crippen LogP contribution is 2.22. The maximum Gasteiger partial charge on any atom is 0.261 e. The number of pyridine rings is 1. The summed E-state index contributed by atoms with van der Waals surface area (Å²) in [7, 11) is -3.74.